The molecule has 7 nitrogen and oxygen atoms in total. The van der Waals surface area contributed by atoms with Crippen LogP contribution in [0, 0.1) is 10.1 Å². The maximum atomic E-state index is 12.8. The third kappa shape index (κ3) is 7.23. The van der Waals surface area contributed by atoms with Gasteiger partial charge in [0.1, 0.15) is 5.69 Å². The van der Waals surface area contributed by atoms with Gasteiger partial charge in [-0.2, -0.15) is 13.2 Å². The van der Waals surface area contributed by atoms with Gasteiger partial charge in [-0.25, -0.2) is 0 Å². The van der Waals surface area contributed by atoms with Gasteiger partial charge >= 0.3 is 6.18 Å². The second kappa shape index (κ2) is 10.9. The number of carbonyl (C=O) groups excluding carboxylic acids is 1. The van der Waals surface area contributed by atoms with E-state index in [0.29, 0.717) is 18.7 Å². The number of benzene rings is 2. The van der Waals surface area contributed by atoms with E-state index in [0.717, 1.165) is 29.8 Å². The highest BCUT2D eigenvalue weighted by molar-refractivity contribution is 5.76. The molecule has 0 saturated carbocycles. The molecule has 0 atom stereocenters. The average Bonchev–Trinajstić information content (AvgIpc) is 2.72. The topological polar surface area (TPSA) is 87.5 Å². The number of alkyl halides is 3. The number of amides is 1. The predicted molar refractivity (Wildman–Crippen MR) is 116 cm³/mol. The van der Waals surface area contributed by atoms with Crippen LogP contribution in [0.25, 0.3) is 0 Å². The van der Waals surface area contributed by atoms with Gasteiger partial charge in [0, 0.05) is 38.2 Å². The van der Waals surface area contributed by atoms with Crippen LogP contribution in [-0.2, 0) is 24.1 Å². The van der Waals surface area contributed by atoms with E-state index in [-0.39, 0.29) is 24.6 Å². The van der Waals surface area contributed by atoms with E-state index in [1.165, 1.54) is 0 Å². The Hall–Kier alpha value is -3.14. The summed E-state index contributed by atoms with van der Waals surface area (Å²) in [4.78, 5) is 24.6. The van der Waals surface area contributed by atoms with Gasteiger partial charge in [0.2, 0.25) is 5.91 Å². The summed E-state index contributed by atoms with van der Waals surface area (Å²) in [6.07, 6.45) is -4.67. The van der Waals surface area contributed by atoms with Crippen molar-refractivity contribution < 1.29 is 22.9 Å². The molecular weight excluding hydrogens is 425 g/mol. The minimum Gasteiger partial charge on any atom is -0.379 e. The SMILES string of the molecule is CC(C)N(C)Cc1ccccc1CNC(=O)CCNc1ccc(C(F)(F)F)cc1[N+](=O)[O-]. The summed E-state index contributed by atoms with van der Waals surface area (Å²) < 4.78 is 38.4. The summed E-state index contributed by atoms with van der Waals surface area (Å²) in [6.45, 7) is 5.30. The molecule has 0 fully saturated rings. The van der Waals surface area contributed by atoms with Crippen LogP contribution < -0.4 is 10.6 Å². The molecule has 0 spiro atoms. The molecule has 0 aliphatic heterocycles. The summed E-state index contributed by atoms with van der Waals surface area (Å²) in [6, 6.07) is 10.4. The van der Waals surface area contributed by atoms with E-state index >= 15 is 0 Å². The fourth-order valence-corrected chi connectivity index (χ4v) is 2.94. The second-order valence-electron chi connectivity index (χ2n) is 7.72. The van der Waals surface area contributed by atoms with Gasteiger partial charge in [-0.1, -0.05) is 24.3 Å². The first-order chi connectivity index (χ1) is 15.0. The van der Waals surface area contributed by atoms with Crippen LogP contribution in [0.15, 0.2) is 42.5 Å². The number of hydrogen-bond donors (Lipinski definition) is 2. The highest BCUT2D eigenvalue weighted by Gasteiger charge is 2.33. The standard InChI is InChI=1S/C22H27F3N4O3/c1-15(2)28(3)14-17-7-5-4-6-16(17)13-27-21(30)10-11-26-19-9-8-18(22(23,24)25)12-20(19)29(31)32/h4-9,12,15,26H,10-11,13-14H2,1-3H3,(H,27,30). The molecule has 2 rings (SSSR count). The van der Waals surface area contributed by atoms with E-state index in [2.05, 4.69) is 29.4 Å². The minimum atomic E-state index is -4.68. The monoisotopic (exact) mass is 452 g/mol. The van der Waals surface area contributed by atoms with Crippen molar-refractivity contribution in [3.63, 3.8) is 0 Å². The molecule has 2 N–H and O–H groups in total. The second-order valence-corrected chi connectivity index (χ2v) is 7.72. The number of anilines is 1. The quantitative estimate of drug-likeness (QED) is 0.407. The number of halogens is 3. The fourth-order valence-electron chi connectivity index (χ4n) is 2.94. The van der Waals surface area contributed by atoms with Gasteiger partial charge in [0.15, 0.2) is 0 Å². The number of hydrogen-bond acceptors (Lipinski definition) is 5. The third-order valence-corrected chi connectivity index (χ3v) is 5.08. The smallest absolute Gasteiger partial charge is 0.379 e. The number of carbonyl (C=O) groups is 1. The molecule has 0 aliphatic rings. The van der Waals surface area contributed by atoms with Crippen LogP contribution in [0.3, 0.4) is 0 Å². The zero-order valence-electron chi connectivity index (χ0n) is 18.2. The Bertz CT molecular complexity index is 948. The largest absolute Gasteiger partial charge is 0.416 e. The van der Waals surface area contributed by atoms with Gasteiger partial charge in [-0.15, -0.1) is 0 Å². The first kappa shape index (κ1) is 25.1. The average molecular weight is 452 g/mol. The Kier molecular flexibility index (Phi) is 8.59. The van der Waals surface area contributed by atoms with Crippen LogP contribution in [0.4, 0.5) is 24.5 Å². The van der Waals surface area contributed by atoms with Crippen LogP contribution in [-0.4, -0.2) is 35.4 Å². The van der Waals surface area contributed by atoms with Crippen molar-refractivity contribution in [3.8, 4) is 0 Å². The van der Waals surface area contributed by atoms with Gasteiger partial charge in [-0.3, -0.25) is 19.8 Å². The summed E-state index contributed by atoms with van der Waals surface area (Å²) in [5.74, 6) is -0.279. The van der Waals surface area contributed by atoms with Crippen molar-refractivity contribution in [1.82, 2.24) is 10.2 Å². The fraction of sp³-hybridized carbons (Fsp3) is 0.409. The molecule has 1 amide bonds. The zero-order chi connectivity index (χ0) is 23.9. The van der Waals surface area contributed by atoms with E-state index in [1.807, 2.05) is 31.3 Å². The number of rotatable bonds is 10. The van der Waals surface area contributed by atoms with Crippen molar-refractivity contribution in [2.45, 2.75) is 45.6 Å². The lowest BCUT2D eigenvalue weighted by atomic mass is 10.1. The van der Waals surface area contributed by atoms with Crippen molar-refractivity contribution in [3.05, 3.63) is 69.3 Å². The Labute approximate surface area is 184 Å². The minimum absolute atomic E-state index is 0.00619. The predicted octanol–water partition coefficient (Wildman–Crippen LogP) is 4.57. The Balaban J connectivity index is 1.92. The van der Waals surface area contributed by atoms with Crippen LogP contribution in [0.1, 0.15) is 37.0 Å². The third-order valence-electron chi connectivity index (χ3n) is 5.08. The first-order valence-corrected chi connectivity index (χ1v) is 10.1. The van der Waals surface area contributed by atoms with Crippen molar-refractivity contribution in [2.24, 2.45) is 0 Å². The summed E-state index contributed by atoms with van der Waals surface area (Å²) in [7, 11) is 2.02. The van der Waals surface area contributed by atoms with Crippen molar-refractivity contribution in [1.29, 1.82) is 0 Å². The molecule has 0 radical (unpaired) electrons. The van der Waals surface area contributed by atoms with Crippen molar-refractivity contribution >= 4 is 17.3 Å². The highest BCUT2D eigenvalue weighted by atomic mass is 19.4. The van der Waals surface area contributed by atoms with Gasteiger partial charge < -0.3 is 10.6 Å². The lowest BCUT2D eigenvalue weighted by molar-refractivity contribution is -0.384. The number of nitrogens with zero attached hydrogens (tertiary/aromatic N) is 2. The van der Waals surface area contributed by atoms with E-state index < -0.39 is 22.4 Å². The summed E-state index contributed by atoms with van der Waals surface area (Å²) in [5.41, 5.74) is 0.220. The Morgan fingerprint density at radius 1 is 1.16 bits per heavy atom. The van der Waals surface area contributed by atoms with Crippen LogP contribution >= 0.6 is 0 Å². The Morgan fingerprint density at radius 2 is 1.81 bits per heavy atom. The highest BCUT2D eigenvalue weighted by Crippen LogP contribution is 2.34. The molecule has 0 bridgehead atoms. The van der Waals surface area contributed by atoms with Crippen LogP contribution in [0.2, 0.25) is 0 Å². The lowest BCUT2D eigenvalue weighted by Gasteiger charge is -2.22. The normalized spacial score (nSPS) is 11.6. The van der Waals surface area contributed by atoms with Crippen LogP contribution in [0.5, 0.6) is 0 Å². The molecule has 2 aromatic rings. The first-order valence-electron chi connectivity index (χ1n) is 10.1. The maximum absolute atomic E-state index is 12.8. The zero-order valence-corrected chi connectivity index (χ0v) is 18.2. The molecule has 0 saturated heterocycles. The number of nitro groups is 1. The summed E-state index contributed by atoms with van der Waals surface area (Å²) in [5, 5.41) is 16.6. The number of nitro benzene ring substituents is 1. The molecule has 0 aliphatic carbocycles. The lowest BCUT2D eigenvalue weighted by Crippen LogP contribution is -2.28. The van der Waals surface area contributed by atoms with Gasteiger partial charge in [-0.05, 0) is 44.2 Å². The number of nitrogens with one attached hydrogen (secondary N) is 2. The van der Waals surface area contributed by atoms with E-state index in [1.54, 1.807) is 0 Å². The molecule has 0 unspecified atom stereocenters. The molecular formula is C22H27F3N4O3. The molecule has 174 valence electrons. The molecule has 10 heteroatoms. The summed E-state index contributed by atoms with van der Waals surface area (Å²) >= 11 is 0. The van der Waals surface area contributed by atoms with E-state index in [9.17, 15) is 28.1 Å². The molecule has 2 aromatic carbocycles. The Morgan fingerprint density at radius 3 is 2.41 bits per heavy atom. The van der Waals surface area contributed by atoms with Gasteiger partial charge in [0.05, 0.1) is 10.5 Å². The van der Waals surface area contributed by atoms with Crippen molar-refractivity contribution in [2.75, 3.05) is 18.9 Å². The van der Waals surface area contributed by atoms with E-state index in [4.69, 9.17) is 0 Å². The molecule has 0 aromatic heterocycles. The van der Waals surface area contributed by atoms with Gasteiger partial charge in [0.25, 0.3) is 5.69 Å². The maximum Gasteiger partial charge on any atom is 0.416 e. The molecule has 0 heterocycles. The molecule has 32 heavy (non-hydrogen) atoms.